The molecular weight excluding hydrogens is 364 g/mol. The monoisotopic (exact) mass is 390 g/mol. The molecule has 142 valence electrons. The Bertz CT molecular complexity index is 1130. The molecule has 0 N–H and O–H groups in total. The second kappa shape index (κ2) is 6.57. The summed E-state index contributed by atoms with van der Waals surface area (Å²) in [4.78, 5) is 0. The predicted molar refractivity (Wildman–Crippen MR) is 128 cm³/mol. The molecule has 1 heterocycles. The Balaban J connectivity index is 1.93. The predicted octanol–water partition coefficient (Wildman–Crippen LogP) is 4.34. The summed E-state index contributed by atoms with van der Waals surface area (Å²) in [6.07, 6.45) is 0. The standard InChI is InChI=1S/C28H26Si/c1-28(2,3)21-18-19-27-25(20-21)24-16-10-11-17-26(24)29(27,22-12-6-4-7-13-22)23-14-8-5-9-15-23/h4-20H,1-3H3. The maximum atomic E-state index is 2.45. The lowest BCUT2D eigenvalue weighted by atomic mass is 9.85. The van der Waals surface area contributed by atoms with Gasteiger partial charge in [0, 0.05) is 0 Å². The molecular formula is C28H26Si. The number of hydrogen-bond acceptors (Lipinski definition) is 0. The molecule has 0 nitrogen and oxygen atoms in total. The second-order valence-corrected chi connectivity index (χ2v) is 12.8. The first-order valence-corrected chi connectivity index (χ1v) is 12.4. The van der Waals surface area contributed by atoms with Crippen molar-refractivity contribution in [3.05, 3.63) is 109 Å². The van der Waals surface area contributed by atoms with Crippen LogP contribution in [-0.4, -0.2) is 8.07 Å². The molecule has 0 saturated carbocycles. The molecule has 29 heavy (non-hydrogen) atoms. The van der Waals surface area contributed by atoms with Crippen LogP contribution in [0.4, 0.5) is 0 Å². The Morgan fingerprint density at radius 2 is 1.03 bits per heavy atom. The molecule has 1 heteroatoms. The van der Waals surface area contributed by atoms with Crippen LogP contribution in [0.5, 0.6) is 0 Å². The van der Waals surface area contributed by atoms with E-state index in [0.29, 0.717) is 0 Å². The number of hydrogen-bond donors (Lipinski definition) is 0. The van der Waals surface area contributed by atoms with Crippen LogP contribution in [0.1, 0.15) is 26.3 Å². The average molecular weight is 391 g/mol. The molecule has 0 amide bonds. The molecule has 0 aromatic heterocycles. The Kier molecular flexibility index (Phi) is 4.11. The summed E-state index contributed by atoms with van der Waals surface area (Å²) >= 11 is 0. The Labute approximate surface area is 174 Å². The molecule has 0 aliphatic carbocycles. The Morgan fingerprint density at radius 3 is 1.62 bits per heavy atom. The highest BCUT2D eigenvalue weighted by molar-refractivity contribution is 7.22. The zero-order valence-electron chi connectivity index (χ0n) is 17.3. The first-order valence-electron chi connectivity index (χ1n) is 10.4. The van der Waals surface area contributed by atoms with Crippen LogP contribution in [0.25, 0.3) is 11.1 Å². The fourth-order valence-corrected chi connectivity index (χ4v) is 10.1. The quantitative estimate of drug-likeness (QED) is 0.393. The van der Waals surface area contributed by atoms with E-state index in [2.05, 4.69) is 124 Å². The fraction of sp³-hybridized carbons (Fsp3) is 0.143. The molecule has 0 spiro atoms. The van der Waals surface area contributed by atoms with E-state index in [0.717, 1.165) is 0 Å². The van der Waals surface area contributed by atoms with E-state index in [4.69, 9.17) is 0 Å². The minimum absolute atomic E-state index is 0.135. The third-order valence-electron chi connectivity index (χ3n) is 6.32. The lowest BCUT2D eigenvalue weighted by molar-refractivity contribution is 0.590. The third kappa shape index (κ3) is 2.65. The molecule has 0 fully saturated rings. The van der Waals surface area contributed by atoms with Crippen molar-refractivity contribution in [2.75, 3.05) is 0 Å². The molecule has 1 aliphatic rings. The highest BCUT2D eigenvalue weighted by Gasteiger charge is 2.48. The van der Waals surface area contributed by atoms with Gasteiger partial charge >= 0.3 is 0 Å². The molecule has 0 radical (unpaired) electrons. The molecule has 1 aliphatic heterocycles. The van der Waals surface area contributed by atoms with Crippen LogP contribution in [0.2, 0.25) is 0 Å². The maximum absolute atomic E-state index is 2.45. The minimum Gasteiger partial charge on any atom is -0.0623 e. The van der Waals surface area contributed by atoms with Crippen molar-refractivity contribution < 1.29 is 0 Å². The van der Waals surface area contributed by atoms with Crippen molar-refractivity contribution in [1.29, 1.82) is 0 Å². The first-order chi connectivity index (χ1) is 14.0. The summed E-state index contributed by atoms with van der Waals surface area (Å²) in [5.41, 5.74) is 4.37. The van der Waals surface area contributed by atoms with Crippen LogP contribution in [0.3, 0.4) is 0 Å². The van der Waals surface area contributed by atoms with Crippen molar-refractivity contribution in [3.8, 4) is 11.1 Å². The van der Waals surface area contributed by atoms with Gasteiger partial charge in [-0.1, -0.05) is 124 Å². The largest absolute Gasteiger partial charge is 0.180 e. The SMILES string of the molecule is CC(C)(C)c1ccc2c(c1)-c1ccccc1[Si]2(c1ccccc1)c1ccccc1. The second-order valence-electron chi connectivity index (χ2n) is 9.04. The molecule has 5 rings (SSSR count). The van der Waals surface area contributed by atoms with Gasteiger partial charge < -0.3 is 0 Å². The first kappa shape index (κ1) is 18.1. The van der Waals surface area contributed by atoms with Gasteiger partial charge in [0.05, 0.1) is 0 Å². The molecule has 0 saturated heterocycles. The Hall–Kier alpha value is -2.90. The highest BCUT2D eigenvalue weighted by Crippen LogP contribution is 2.32. The molecule has 0 unspecified atom stereocenters. The molecule has 0 bridgehead atoms. The van der Waals surface area contributed by atoms with Crippen molar-refractivity contribution in [1.82, 2.24) is 0 Å². The van der Waals surface area contributed by atoms with Crippen LogP contribution in [0, 0.1) is 0 Å². The number of fused-ring (bicyclic) bond motifs is 3. The summed E-state index contributed by atoms with van der Waals surface area (Å²) in [5, 5.41) is 5.95. The number of rotatable bonds is 2. The number of benzene rings is 4. The summed E-state index contributed by atoms with van der Waals surface area (Å²) < 4.78 is 0. The van der Waals surface area contributed by atoms with Gasteiger partial charge in [0.1, 0.15) is 0 Å². The lowest BCUT2D eigenvalue weighted by Crippen LogP contribution is -2.72. The van der Waals surface area contributed by atoms with Gasteiger partial charge in [-0.2, -0.15) is 0 Å². The Morgan fingerprint density at radius 1 is 0.517 bits per heavy atom. The van der Waals surface area contributed by atoms with Crippen LogP contribution < -0.4 is 20.7 Å². The third-order valence-corrected chi connectivity index (χ3v) is 11.2. The highest BCUT2D eigenvalue weighted by atomic mass is 28.3. The van der Waals surface area contributed by atoms with Gasteiger partial charge in [-0.3, -0.25) is 0 Å². The zero-order chi connectivity index (χ0) is 20.1. The van der Waals surface area contributed by atoms with Gasteiger partial charge in [-0.25, -0.2) is 0 Å². The fourth-order valence-electron chi connectivity index (χ4n) is 4.92. The van der Waals surface area contributed by atoms with Crippen molar-refractivity contribution in [2.24, 2.45) is 0 Å². The van der Waals surface area contributed by atoms with E-state index in [9.17, 15) is 0 Å². The van der Waals surface area contributed by atoms with E-state index in [1.54, 1.807) is 0 Å². The normalized spacial score (nSPS) is 14.3. The maximum Gasteiger partial charge on any atom is 0.180 e. The van der Waals surface area contributed by atoms with E-state index in [-0.39, 0.29) is 5.41 Å². The van der Waals surface area contributed by atoms with Gasteiger partial charge in [0.2, 0.25) is 0 Å². The minimum atomic E-state index is -2.31. The topological polar surface area (TPSA) is 0 Å². The molecule has 0 atom stereocenters. The summed E-state index contributed by atoms with van der Waals surface area (Å²) in [5.74, 6) is 0. The van der Waals surface area contributed by atoms with Crippen LogP contribution in [0.15, 0.2) is 103 Å². The van der Waals surface area contributed by atoms with Gasteiger partial charge in [-0.15, -0.1) is 0 Å². The molecule has 4 aromatic rings. The van der Waals surface area contributed by atoms with Gasteiger partial charge in [0.15, 0.2) is 8.07 Å². The van der Waals surface area contributed by atoms with Crippen LogP contribution in [-0.2, 0) is 5.41 Å². The van der Waals surface area contributed by atoms with E-state index in [1.807, 2.05) is 0 Å². The van der Waals surface area contributed by atoms with Crippen molar-refractivity contribution in [3.63, 3.8) is 0 Å². The van der Waals surface area contributed by atoms with Crippen molar-refractivity contribution in [2.45, 2.75) is 26.2 Å². The summed E-state index contributed by atoms with van der Waals surface area (Å²) in [6.45, 7) is 6.90. The zero-order valence-corrected chi connectivity index (χ0v) is 18.3. The summed E-state index contributed by atoms with van der Waals surface area (Å²) in [6, 6.07) is 38.7. The lowest BCUT2D eigenvalue weighted by Gasteiger charge is -2.31. The van der Waals surface area contributed by atoms with E-state index >= 15 is 0 Å². The average Bonchev–Trinajstić information content (AvgIpc) is 3.05. The summed E-state index contributed by atoms with van der Waals surface area (Å²) in [7, 11) is -2.31. The van der Waals surface area contributed by atoms with Gasteiger partial charge in [-0.05, 0) is 42.9 Å². The van der Waals surface area contributed by atoms with Crippen molar-refractivity contribution >= 4 is 28.8 Å². The van der Waals surface area contributed by atoms with E-state index < -0.39 is 8.07 Å². The van der Waals surface area contributed by atoms with Crippen LogP contribution >= 0.6 is 0 Å². The van der Waals surface area contributed by atoms with E-state index in [1.165, 1.54) is 37.4 Å². The smallest absolute Gasteiger partial charge is 0.0623 e. The molecule has 4 aromatic carbocycles. The van der Waals surface area contributed by atoms with Gasteiger partial charge in [0.25, 0.3) is 0 Å².